The summed E-state index contributed by atoms with van der Waals surface area (Å²) in [6.07, 6.45) is 11.2. The van der Waals surface area contributed by atoms with Crippen LogP contribution < -0.4 is 5.56 Å². The van der Waals surface area contributed by atoms with Crippen molar-refractivity contribution < 1.29 is 9.90 Å². The number of carbonyl (C=O) groups is 1. The Morgan fingerprint density at radius 3 is 2.65 bits per heavy atom. The summed E-state index contributed by atoms with van der Waals surface area (Å²) in [5.74, 6) is 2.65. The summed E-state index contributed by atoms with van der Waals surface area (Å²) >= 11 is 0. The smallest absolute Gasteiger partial charge is 0.360 e. The van der Waals surface area contributed by atoms with E-state index in [9.17, 15) is 14.7 Å². The second-order valence-electron chi connectivity index (χ2n) is 11.1. The zero-order valence-corrected chi connectivity index (χ0v) is 20.7. The van der Waals surface area contributed by atoms with Gasteiger partial charge in [-0.1, -0.05) is 32.4 Å². The molecule has 3 fully saturated rings. The van der Waals surface area contributed by atoms with Crippen molar-refractivity contribution in [3.63, 3.8) is 0 Å². The maximum atomic E-state index is 12.9. The average Bonchev–Trinajstić information content (AvgIpc) is 2.82. The highest BCUT2D eigenvalue weighted by Crippen LogP contribution is 2.58. The summed E-state index contributed by atoms with van der Waals surface area (Å²) in [7, 11) is 0. The van der Waals surface area contributed by atoms with Gasteiger partial charge in [-0.15, -0.1) is 0 Å². The van der Waals surface area contributed by atoms with Crippen LogP contribution >= 0.6 is 0 Å². The quantitative estimate of drug-likeness (QED) is 0.552. The van der Waals surface area contributed by atoms with Gasteiger partial charge in [-0.3, -0.25) is 9.69 Å². The third-order valence-corrected chi connectivity index (χ3v) is 9.24. The van der Waals surface area contributed by atoms with Crippen LogP contribution in [0.5, 0.6) is 0 Å². The second-order valence-corrected chi connectivity index (χ2v) is 11.1. The lowest BCUT2D eigenvalue weighted by atomic mass is 9.48. The van der Waals surface area contributed by atoms with E-state index in [0.29, 0.717) is 24.1 Å². The first-order valence-electron chi connectivity index (χ1n) is 13.5. The van der Waals surface area contributed by atoms with Gasteiger partial charge >= 0.3 is 5.97 Å². The molecule has 1 aromatic carbocycles. The number of hydrogen-bond donors (Lipinski definition) is 1. The molecule has 3 aliphatic rings. The molecule has 2 unspecified atom stereocenters. The fraction of sp³-hybridized carbons (Fsp3) is 0.679. The Morgan fingerprint density at radius 2 is 1.91 bits per heavy atom. The Balaban J connectivity index is 1.26. The number of hydrogen-bond acceptors (Lipinski definition) is 4. The minimum atomic E-state index is -1.26. The molecule has 2 aliphatic carbocycles. The highest BCUT2D eigenvalue weighted by Gasteiger charge is 2.51. The average molecular weight is 466 g/mol. The maximum absolute atomic E-state index is 12.9. The Morgan fingerprint density at radius 1 is 1.12 bits per heavy atom. The summed E-state index contributed by atoms with van der Waals surface area (Å²) in [5.41, 5.74) is 0.410. The molecule has 1 aliphatic heterocycles. The van der Waals surface area contributed by atoms with Gasteiger partial charge in [-0.05, 0) is 93.7 Å². The van der Waals surface area contributed by atoms with Gasteiger partial charge in [0.25, 0.3) is 5.56 Å². The molecule has 0 spiro atoms. The van der Waals surface area contributed by atoms with E-state index in [4.69, 9.17) is 0 Å². The Bertz CT molecular complexity index is 1090. The Labute approximate surface area is 202 Å². The van der Waals surface area contributed by atoms with Crippen molar-refractivity contribution in [3.8, 4) is 0 Å². The number of aromatic carboxylic acids is 1. The van der Waals surface area contributed by atoms with E-state index in [1.54, 1.807) is 10.6 Å². The van der Waals surface area contributed by atoms with Crippen molar-refractivity contribution in [2.75, 3.05) is 6.54 Å². The van der Waals surface area contributed by atoms with Crippen LogP contribution in [0.15, 0.2) is 29.1 Å². The molecule has 5 rings (SSSR count). The standard InChI is InChI=1S/C28H39N3O3/c1-3-21-8-6-9-22(30(21)15-13-19-17-20-16-18(2)25(19)20)10-7-14-31-24-12-5-4-11-23(24)29-26(27(31)32)28(33)34/h4-5,11-12,18-22,25H,3,6-10,13-17H2,1-2H3,(H,33,34)/t18-,19+,20?,21+,22+,25?/m1/s1. The molecule has 2 heterocycles. The number of nitrogens with zero attached hydrogens (tertiary/aromatic N) is 3. The van der Waals surface area contributed by atoms with E-state index in [1.165, 1.54) is 51.5 Å². The number of para-hydroxylation sites is 2. The molecule has 6 heteroatoms. The fourth-order valence-corrected chi connectivity index (χ4v) is 7.51. The van der Waals surface area contributed by atoms with Crippen LogP contribution in [-0.2, 0) is 6.54 Å². The monoisotopic (exact) mass is 465 g/mol. The lowest BCUT2D eigenvalue weighted by Crippen LogP contribution is -2.53. The van der Waals surface area contributed by atoms with Crippen molar-refractivity contribution >= 4 is 17.0 Å². The molecule has 0 amide bonds. The van der Waals surface area contributed by atoms with E-state index < -0.39 is 11.5 Å². The van der Waals surface area contributed by atoms with Gasteiger partial charge in [-0.2, -0.15) is 0 Å². The number of benzene rings is 1. The van der Waals surface area contributed by atoms with Crippen LogP contribution in [-0.4, -0.2) is 44.2 Å². The van der Waals surface area contributed by atoms with Crippen LogP contribution in [0.4, 0.5) is 0 Å². The summed E-state index contributed by atoms with van der Waals surface area (Å²) < 4.78 is 1.63. The molecular weight excluding hydrogens is 426 g/mol. The zero-order chi connectivity index (χ0) is 23.8. The van der Waals surface area contributed by atoms with Gasteiger partial charge in [0.05, 0.1) is 11.0 Å². The lowest BCUT2D eigenvalue weighted by Gasteiger charge is -2.58. The molecular formula is C28H39N3O3. The minimum Gasteiger partial charge on any atom is -0.476 e. The molecule has 0 bridgehead atoms. The van der Waals surface area contributed by atoms with E-state index in [2.05, 4.69) is 23.7 Å². The third kappa shape index (κ3) is 4.30. The largest absolute Gasteiger partial charge is 0.476 e. The topological polar surface area (TPSA) is 75.4 Å². The fourth-order valence-electron chi connectivity index (χ4n) is 7.51. The van der Waals surface area contributed by atoms with E-state index in [1.807, 2.05) is 18.2 Å². The number of fused-ring (bicyclic) bond motifs is 2. The predicted octanol–water partition coefficient (Wildman–Crippen LogP) is 5.19. The predicted molar refractivity (Wildman–Crippen MR) is 134 cm³/mol. The number of aromatic nitrogens is 2. The van der Waals surface area contributed by atoms with E-state index in [-0.39, 0.29) is 5.69 Å². The first-order chi connectivity index (χ1) is 16.5. The first kappa shape index (κ1) is 23.5. The van der Waals surface area contributed by atoms with Crippen LogP contribution in [0.1, 0.15) is 82.1 Å². The lowest BCUT2D eigenvalue weighted by molar-refractivity contribution is -0.0899. The minimum absolute atomic E-state index is 0.381. The Hall–Kier alpha value is -2.21. The SMILES string of the molecule is CC[C@H]1CCC[C@@H](CCCn2c(=O)c(C(=O)O)nc3ccccc32)N1CC[C@H]1CC2C[C@@H](C)C21. The summed E-state index contributed by atoms with van der Waals surface area (Å²) in [5, 5.41) is 9.47. The van der Waals surface area contributed by atoms with Gasteiger partial charge in [0, 0.05) is 18.6 Å². The zero-order valence-electron chi connectivity index (χ0n) is 20.7. The number of carboxylic acid groups (broad SMARTS) is 1. The van der Waals surface area contributed by atoms with Crippen molar-refractivity contribution in [2.24, 2.45) is 23.7 Å². The number of carboxylic acids is 1. The molecule has 6 nitrogen and oxygen atoms in total. The maximum Gasteiger partial charge on any atom is 0.360 e. The van der Waals surface area contributed by atoms with Crippen LogP contribution in [0.25, 0.3) is 11.0 Å². The highest BCUT2D eigenvalue weighted by atomic mass is 16.4. The van der Waals surface area contributed by atoms with Crippen molar-refractivity contribution in [1.82, 2.24) is 14.5 Å². The van der Waals surface area contributed by atoms with Gasteiger partial charge in [0.15, 0.2) is 0 Å². The van der Waals surface area contributed by atoms with E-state index in [0.717, 1.165) is 42.0 Å². The Kier molecular flexibility index (Phi) is 6.79. The van der Waals surface area contributed by atoms with Crippen molar-refractivity contribution in [1.29, 1.82) is 0 Å². The molecule has 1 aromatic heterocycles. The highest BCUT2D eigenvalue weighted by molar-refractivity contribution is 5.88. The number of rotatable bonds is 9. The second kappa shape index (κ2) is 9.80. The molecule has 1 N–H and O–H groups in total. The van der Waals surface area contributed by atoms with Gasteiger partial charge < -0.3 is 9.67 Å². The molecule has 184 valence electrons. The van der Waals surface area contributed by atoms with Crippen molar-refractivity contribution in [2.45, 2.75) is 90.3 Å². The van der Waals surface area contributed by atoms with Gasteiger partial charge in [0.2, 0.25) is 5.69 Å². The molecule has 1 saturated heterocycles. The van der Waals surface area contributed by atoms with Crippen LogP contribution in [0.2, 0.25) is 0 Å². The van der Waals surface area contributed by atoms with Crippen LogP contribution in [0.3, 0.4) is 0 Å². The first-order valence-corrected chi connectivity index (χ1v) is 13.5. The van der Waals surface area contributed by atoms with Gasteiger partial charge in [-0.25, -0.2) is 9.78 Å². The number of piperidine rings is 1. The number of aryl methyl sites for hydroxylation is 1. The van der Waals surface area contributed by atoms with Gasteiger partial charge in [0.1, 0.15) is 0 Å². The summed E-state index contributed by atoms with van der Waals surface area (Å²) in [4.78, 5) is 31.4. The molecule has 2 saturated carbocycles. The summed E-state index contributed by atoms with van der Waals surface area (Å²) in [6, 6.07) is 8.59. The molecule has 6 atom stereocenters. The van der Waals surface area contributed by atoms with Crippen LogP contribution in [0, 0.1) is 23.7 Å². The molecule has 34 heavy (non-hydrogen) atoms. The molecule has 0 radical (unpaired) electrons. The molecule has 2 aromatic rings. The number of likely N-dealkylation sites (tertiary alicyclic amines) is 1. The summed E-state index contributed by atoms with van der Waals surface area (Å²) in [6.45, 7) is 6.51. The normalized spacial score (nSPS) is 31.0. The third-order valence-electron chi connectivity index (χ3n) is 9.24. The van der Waals surface area contributed by atoms with Crippen molar-refractivity contribution in [3.05, 3.63) is 40.3 Å². The van der Waals surface area contributed by atoms with E-state index >= 15 is 0 Å².